The molecule has 0 spiro atoms. The molecule has 0 aliphatic heterocycles. The van der Waals surface area contributed by atoms with Gasteiger partial charge in [0.25, 0.3) is 0 Å². The Morgan fingerprint density at radius 3 is 2.67 bits per heavy atom. The average Bonchev–Trinajstić information content (AvgIpc) is 2.21. The number of hydrogen-bond acceptors (Lipinski definition) is 3. The first-order valence-electron chi connectivity index (χ1n) is 5.36. The summed E-state index contributed by atoms with van der Waals surface area (Å²) in [7, 11) is 0. The lowest BCUT2D eigenvalue weighted by Crippen LogP contribution is -2.46. The number of benzene rings is 1. The van der Waals surface area contributed by atoms with E-state index < -0.39 is 23.1 Å². The number of aliphatic carboxylic acids is 1. The zero-order valence-electron chi connectivity index (χ0n) is 10.1. The fourth-order valence-corrected chi connectivity index (χ4v) is 2.69. The zero-order valence-corrected chi connectivity index (χ0v) is 10.9. The zero-order chi connectivity index (χ0) is 13.9. The molecule has 1 rings (SSSR count). The highest BCUT2D eigenvalue weighted by atomic mass is 32.2. The van der Waals surface area contributed by atoms with Gasteiger partial charge in [-0.2, -0.15) is 0 Å². The van der Waals surface area contributed by atoms with Crippen LogP contribution < -0.4 is 5.73 Å². The third kappa shape index (κ3) is 3.96. The molecule has 1 aromatic rings. The highest BCUT2D eigenvalue weighted by molar-refractivity contribution is 8.00. The van der Waals surface area contributed by atoms with Crippen molar-refractivity contribution in [2.75, 3.05) is 0 Å². The van der Waals surface area contributed by atoms with Gasteiger partial charge in [0.2, 0.25) is 0 Å². The molecule has 1 aromatic carbocycles. The summed E-state index contributed by atoms with van der Waals surface area (Å²) in [5.74, 6) is -2.39. The molecule has 2 atom stereocenters. The van der Waals surface area contributed by atoms with E-state index in [4.69, 9.17) is 10.8 Å². The Kier molecular flexibility index (Phi) is 4.70. The lowest BCUT2D eigenvalue weighted by atomic mass is 9.98. The van der Waals surface area contributed by atoms with Crippen LogP contribution in [0, 0.1) is 11.6 Å². The minimum atomic E-state index is -1.36. The Morgan fingerprint density at radius 1 is 1.56 bits per heavy atom. The van der Waals surface area contributed by atoms with Crippen molar-refractivity contribution in [1.82, 2.24) is 0 Å². The average molecular weight is 275 g/mol. The van der Waals surface area contributed by atoms with Crippen LogP contribution in [0.5, 0.6) is 0 Å². The summed E-state index contributed by atoms with van der Waals surface area (Å²) in [5, 5.41) is 8.69. The first-order valence-corrected chi connectivity index (χ1v) is 6.24. The fraction of sp³-hybridized carbons (Fsp3) is 0.417. The maximum atomic E-state index is 13.4. The van der Waals surface area contributed by atoms with Gasteiger partial charge in [0.1, 0.15) is 17.2 Å². The van der Waals surface area contributed by atoms with Crippen molar-refractivity contribution in [2.45, 2.75) is 36.0 Å². The summed E-state index contributed by atoms with van der Waals surface area (Å²) in [5.41, 5.74) is 4.25. The van der Waals surface area contributed by atoms with Gasteiger partial charge < -0.3 is 10.8 Å². The Morgan fingerprint density at radius 2 is 2.17 bits per heavy atom. The smallest absolute Gasteiger partial charge is 0.323 e. The third-order valence-electron chi connectivity index (χ3n) is 2.42. The molecule has 100 valence electrons. The second-order valence-electron chi connectivity index (χ2n) is 4.43. The predicted octanol–water partition coefficient (Wildman–Crippen LogP) is 2.64. The second kappa shape index (κ2) is 5.67. The minimum absolute atomic E-state index is 0.184. The summed E-state index contributed by atoms with van der Waals surface area (Å²) in [4.78, 5) is 11.1. The van der Waals surface area contributed by atoms with Gasteiger partial charge >= 0.3 is 5.97 Å². The van der Waals surface area contributed by atoms with Crippen molar-refractivity contribution in [3.05, 3.63) is 29.8 Å². The summed E-state index contributed by atoms with van der Waals surface area (Å²) >= 11 is 1.14. The van der Waals surface area contributed by atoms with Gasteiger partial charge in [-0.15, -0.1) is 11.8 Å². The fourth-order valence-electron chi connectivity index (χ4n) is 1.51. The highest BCUT2D eigenvalue weighted by Gasteiger charge is 2.30. The van der Waals surface area contributed by atoms with E-state index in [1.54, 1.807) is 6.92 Å². The molecule has 18 heavy (non-hydrogen) atoms. The van der Waals surface area contributed by atoms with Crippen LogP contribution in [-0.4, -0.2) is 21.9 Å². The maximum absolute atomic E-state index is 13.4. The van der Waals surface area contributed by atoms with Crippen LogP contribution in [0.4, 0.5) is 8.78 Å². The van der Waals surface area contributed by atoms with Crippen LogP contribution in [-0.2, 0) is 4.79 Å². The Bertz CT molecular complexity index is 452. The molecule has 3 nitrogen and oxygen atoms in total. The molecule has 3 N–H and O–H groups in total. The number of carboxylic acid groups (broad SMARTS) is 1. The standard InChI is InChI=1S/C12H15F2NO2S/c1-7(6-12(2,15)11(16)17)18-10-4-3-8(13)5-9(10)14/h3-5,7H,6,15H2,1-2H3,(H,16,17). The molecular formula is C12H15F2NO2S. The maximum Gasteiger partial charge on any atom is 0.323 e. The minimum Gasteiger partial charge on any atom is -0.480 e. The van der Waals surface area contributed by atoms with E-state index in [1.807, 2.05) is 0 Å². The van der Waals surface area contributed by atoms with Gasteiger partial charge in [-0.3, -0.25) is 4.79 Å². The van der Waals surface area contributed by atoms with E-state index in [0.717, 1.165) is 23.9 Å². The first kappa shape index (κ1) is 14.9. The Labute approximate surface area is 108 Å². The normalized spacial score (nSPS) is 16.1. The van der Waals surface area contributed by atoms with E-state index in [9.17, 15) is 13.6 Å². The van der Waals surface area contributed by atoms with Gasteiger partial charge in [-0.1, -0.05) is 6.92 Å². The van der Waals surface area contributed by atoms with E-state index in [0.29, 0.717) is 0 Å². The monoisotopic (exact) mass is 275 g/mol. The van der Waals surface area contributed by atoms with E-state index in [-0.39, 0.29) is 16.6 Å². The Hall–Kier alpha value is -1.14. The van der Waals surface area contributed by atoms with Gasteiger partial charge in [0.15, 0.2) is 0 Å². The molecule has 0 saturated heterocycles. The number of carboxylic acids is 1. The number of rotatable bonds is 5. The second-order valence-corrected chi connectivity index (χ2v) is 5.91. The molecule has 0 bridgehead atoms. The molecule has 0 heterocycles. The van der Waals surface area contributed by atoms with E-state index >= 15 is 0 Å². The molecule has 0 aliphatic carbocycles. The molecule has 0 aliphatic rings. The van der Waals surface area contributed by atoms with Crippen molar-refractivity contribution >= 4 is 17.7 Å². The summed E-state index contributed by atoms with van der Waals surface area (Å²) in [6.45, 7) is 3.16. The predicted molar refractivity (Wildman–Crippen MR) is 66.5 cm³/mol. The number of thioether (sulfide) groups is 1. The lowest BCUT2D eigenvalue weighted by Gasteiger charge is -2.23. The van der Waals surface area contributed by atoms with Gasteiger partial charge in [0.05, 0.1) is 0 Å². The van der Waals surface area contributed by atoms with E-state index in [1.165, 1.54) is 13.0 Å². The molecule has 0 fully saturated rings. The molecule has 0 radical (unpaired) electrons. The molecular weight excluding hydrogens is 260 g/mol. The van der Waals surface area contributed by atoms with E-state index in [2.05, 4.69) is 0 Å². The van der Waals surface area contributed by atoms with Crippen LogP contribution in [0.3, 0.4) is 0 Å². The largest absolute Gasteiger partial charge is 0.480 e. The van der Waals surface area contributed by atoms with Crippen LogP contribution in [0.1, 0.15) is 20.3 Å². The van der Waals surface area contributed by atoms with Crippen molar-refractivity contribution in [1.29, 1.82) is 0 Å². The molecule has 2 unspecified atom stereocenters. The van der Waals surface area contributed by atoms with Gasteiger partial charge in [0, 0.05) is 16.2 Å². The van der Waals surface area contributed by atoms with Gasteiger partial charge in [-0.05, 0) is 25.5 Å². The number of nitrogens with two attached hydrogens (primary N) is 1. The molecule has 6 heteroatoms. The van der Waals surface area contributed by atoms with Crippen molar-refractivity contribution < 1.29 is 18.7 Å². The highest BCUT2D eigenvalue weighted by Crippen LogP contribution is 2.30. The van der Waals surface area contributed by atoms with Crippen molar-refractivity contribution in [3.8, 4) is 0 Å². The lowest BCUT2D eigenvalue weighted by molar-refractivity contribution is -0.142. The van der Waals surface area contributed by atoms with Crippen LogP contribution in [0.25, 0.3) is 0 Å². The van der Waals surface area contributed by atoms with Gasteiger partial charge in [-0.25, -0.2) is 8.78 Å². The Balaban J connectivity index is 2.70. The topological polar surface area (TPSA) is 63.3 Å². The third-order valence-corrected chi connectivity index (χ3v) is 3.58. The van der Waals surface area contributed by atoms with Crippen LogP contribution >= 0.6 is 11.8 Å². The number of carbonyl (C=O) groups is 1. The summed E-state index contributed by atoms with van der Waals surface area (Å²) < 4.78 is 26.1. The summed E-state index contributed by atoms with van der Waals surface area (Å²) in [6.07, 6.45) is 0.184. The van der Waals surface area contributed by atoms with Crippen molar-refractivity contribution in [3.63, 3.8) is 0 Å². The van der Waals surface area contributed by atoms with Crippen LogP contribution in [0.15, 0.2) is 23.1 Å². The summed E-state index contributed by atoms with van der Waals surface area (Å²) in [6, 6.07) is 3.30. The number of halogens is 2. The quantitative estimate of drug-likeness (QED) is 0.811. The molecule has 0 aromatic heterocycles. The molecule has 0 amide bonds. The number of hydrogen-bond donors (Lipinski definition) is 2. The van der Waals surface area contributed by atoms with Crippen LogP contribution in [0.2, 0.25) is 0 Å². The SMILES string of the molecule is CC(CC(C)(N)C(=O)O)Sc1ccc(F)cc1F. The molecule has 0 saturated carbocycles. The van der Waals surface area contributed by atoms with Crippen molar-refractivity contribution in [2.24, 2.45) is 5.73 Å². The first-order chi connectivity index (χ1) is 8.22.